The van der Waals surface area contributed by atoms with E-state index >= 15 is 0 Å². The highest BCUT2D eigenvalue weighted by Crippen LogP contribution is 2.23. The van der Waals surface area contributed by atoms with Crippen molar-refractivity contribution < 1.29 is 4.79 Å². The van der Waals surface area contributed by atoms with E-state index in [1.165, 1.54) is 0 Å². The number of carbonyl (C=O) groups excluding carboxylic acids is 1. The lowest BCUT2D eigenvalue weighted by Gasteiger charge is -2.09. The van der Waals surface area contributed by atoms with Crippen LogP contribution in [0.3, 0.4) is 0 Å². The molecule has 27 heavy (non-hydrogen) atoms. The lowest BCUT2D eigenvalue weighted by molar-refractivity contribution is 0.102. The normalized spacial score (nSPS) is 11.1. The van der Waals surface area contributed by atoms with Gasteiger partial charge in [0.15, 0.2) is 11.5 Å². The molecule has 0 bridgehead atoms. The monoisotopic (exact) mass is 362 g/mol. The average molecular weight is 362 g/mol. The minimum absolute atomic E-state index is 0.216. The van der Waals surface area contributed by atoms with Gasteiger partial charge in [0.05, 0.1) is 22.3 Å². The first-order chi connectivity index (χ1) is 12.9. The number of carbonyl (C=O) groups is 1. The zero-order chi connectivity index (χ0) is 19.1. The quantitative estimate of drug-likeness (QED) is 0.599. The molecule has 1 N–H and O–H groups in total. The second-order valence-electron chi connectivity index (χ2n) is 6.36. The number of nitrogens with zero attached hydrogens (tertiary/aromatic N) is 7. The Morgan fingerprint density at radius 2 is 1.96 bits per heavy atom. The van der Waals surface area contributed by atoms with E-state index in [1.54, 1.807) is 15.4 Å². The van der Waals surface area contributed by atoms with Crippen molar-refractivity contribution in [3.63, 3.8) is 0 Å². The molecule has 4 rings (SSSR count). The lowest BCUT2D eigenvalue weighted by Crippen LogP contribution is -2.14. The molecule has 0 spiro atoms. The van der Waals surface area contributed by atoms with Crippen LogP contribution in [0, 0.1) is 20.8 Å². The van der Waals surface area contributed by atoms with Crippen LogP contribution in [-0.2, 0) is 7.05 Å². The van der Waals surface area contributed by atoms with Crippen LogP contribution in [0.2, 0.25) is 0 Å². The molecule has 1 amide bonds. The number of rotatable bonds is 3. The van der Waals surface area contributed by atoms with Gasteiger partial charge in [0, 0.05) is 18.4 Å². The van der Waals surface area contributed by atoms with Gasteiger partial charge in [-0.15, -0.1) is 5.10 Å². The number of nitrogens with one attached hydrogen (secondary N) is 1. The van der Waals surface area contributed by atoms with E-state index in [-0.39, 0.29) is 5.91 Å². The number of aryl methyl sites for hydroxylation is 4. The highest BCUT2D eigenvalue weighted by Gasteiger charge is 2.18. The topological polar surface area (TPSA) is 103 Å². The summed E-state index contributed by atoms with van der Waals surface area (Å²) in [5.74, 6) is 0.447. The molecule has 9 heteroatoms. The molecule has 1 aromatic carbocycles. The smallest absolute Gasteiger partial charge is 0.256 e. The number of tetrazole rings is 1. The first-order valence-electron chi connectivity index (χ1n) is 8.42. The molecule has 0 aliphatic carbocycles. The third-order valence-electron chi connectivity index (χ3n) is 4.32. The number of pyridine rings is 1. The molecule has 3 aromatic heterocycles. The zero-order valence-electron chi connectivity index (χ0n) is 15.4. The van der Waals surface area contributed by atoms with Crippen molar-refractivity contribution in [1.29, 1.82) is 0 Å². The molecule has 9 nitrogen and oxygen atoms in total. The van der Waals surface area contributed by atoms with Gasteiger partial charge in [-0.1, -0.05) is 6.07 Å². The van der Waals surface area contributed by atoms with Crippen LogP contribution in [0.5, 0.6) is 0 Å². The third kappa shape index (κ3) is 2.92. The van der Waals surface area contributed by atoms with Gasteiger partial charge in [-0.2, -0.15) is 9.78 Å². The Hall–Kier alpha value is -3.62. The van der Waals surface area contributed by atoms with Gasteiger partial charge in [-0.05, 0) is 55.5 Å². The van der Waals surface area contributed by atoms with Crippen molar-refractivity contribution in [2.45, 2.75) is 20.8 Å². The van der Waals surface area contributed by atoms with Crippen molar-refractivity contribution in [3.8, 4) is 5.69 Å². The molecule has 0 unspecified atom stereocenters. The van der Waals surface area contributed by atoms with Gasteiger partial charge < -0.3 is 5.32 Å². The molecule has 0 saturated carbocycles. The zero-order valence-corrected chi connectivity index (χ0v) is 15.4. The van der Waals surface area contributed by atoms with Crippen LogP contribution in [0.15, 0.2) is 30.3 Å². The van der Waals surface area contributed by atoms with Gasteiger partial charge in [0.25, 0.3) is 5.91 Å². The molecule has 136 valence electrons. The fourth-order valence-corrected chi connectivity index (χ4v) is 3.13. The van der Waals surface area contributed by atoms with Crippen LogP contribution < -0.4 is 5.32 Å². The first-order valence-corrected chi connectivity index (χ1v) is 8.42. The molecule has 0 radical (unpaired) electrons. The number of anilines is 1. The molecule has 4 aromatic rings. The standard InChI is InChI=1S/C18H18N8O/c1-10-8-15(16-11(2)22-25(4)17(16)19-10)18(27)20-13-6-5-7-14(9-13)26-12(3)21-23-24-26/h5-9H,1-4H3,(H,20,27). The van der Waals surface area contributed by atoms with E-state index < -0.39 is 0 Å². The van der Waals surface area contributed by atoms with E-state index in [0.717, 1.165) is 22.5 Å². The van der Waals surface area contributed by atoms with E-state index in [4.69, 9.17) is 0 Å². The summed E-state index contributed by atoms with van der Waals surface area (Å²) in [6.45, 7) is 5.55. The van der Waals surface area contributed by atoms with Gasteiger partial charge in [0.1, 0.15) is 0 Å². The maximum absolute atomic E-state index is 13.0. The van der Waals surface area contributed by atoms with Crippen molar-refractivity contribution in [2.24, 2.45) is 7.05 Å². The van der Waals surface area contributed by atoms with E-state index in [0.29, 0.717) is 22.7 Å². The van der Waals surface area contributed by atoms with Crippen LogP contribution in [-0.4, -0.2) is 40.9 Å². The summed E-state index contributed by atoms with van der Waals surface area (Å²) in [6.07, 6.45) is 0. The minimum Gasteiger partial charge on any atom is -0.322 e. The molecule has 3 heterocycles. The average Bonchev–Trinajstić information content (AvgIpc) is 3.18. The Morgan fingerprint density at radius 1 is 1.15 bits per heavy atom. The highest BCUT2D eigenvalue weighted by atomic mass is 16.1. The van der Waals surface area contributed by atoms with Gasteiger partial charge in [-0.25, -0.2) is 4.98 Å². The predicted octanol–water partition coefficient (Wildman–Crippen LogP) is 2.12. The molecule has 0 saturated heterocycles. The Kier molecular flexibility index (Phi) is 3.91. The molecule has 0 aliphatic heterocycles. The second-order valence-corrected chi connectivity index (χ2v) is 6.36. The summed E-state index contributed by atoms with van der Waals surface area (Å²) >= 11 is 0. The third-order valence-corrected chi connectivity index (χ3v) is 4.32. The van der Waals surface area contributed by atoms with Crippen molar-refractivity contribution in [3.05, 3.63) is 53.1 Å². The maximum Gasteiger partial charge on any atom is 0.256 e. The first kappa shape index (κ1) is 16.8. The lowest BCUT2D eigenvalue weighted by atomic mass is 10.1. The number of benzene rings is 1. The summed E-state index contributed by atoms with van der Waals surface area (Å²) in [7, 11) is 1.82. The predicted molar refractivity (Wildman–Crippen MR) is 99.8 cm³/mol. The largest absolute Gasteiger partial charge is 0.322 e. The van der Waals surface area contributed by atoms with E-state index in [9.17, 15) is 4.79 Å². The SMILES string of the molecule is Cc1cc(C(=O)Nc2cccc(-n3nnnc3C)c2)c2c(C)nn(C)c2n1. The summed E-state index contributed by atoms with van der Waals surface area (Å²) in [5.41, 5.74) is 4.18. The summed E-state index contributed by atoms with van der Waals surface area (Å²) in [6, 6.07) is 9.14. The Bertz CT molecular complexity index is 1170. The molecular formula is C18H18N8O. The molecule has 0 fully saturated rings. The Balaban J connectivity index is 1.72. The highest BCUT2D eigenvalue weighted by molar-refractivity contribution is 6.12. The van der Waals surface area contributed by atoms with Crippen LogP contribution in [0.4, 0.5) is 5.69 Å². The van der Waals surface area contributed by atoms with Crippen molar-refractivity contribution >= 4 is 22.6 Å². The Morgan fingerprint density at radius 3 is 2.70 bits per heavy atom. The van der Waals surface area contributed by atoms with Crippen molar-refractivity contribution in [2.75, 3.05) is 5.32 Å². The van der Waals surface area contributed by atoms with E-state index in [1.807, 2.05) is 52.1 Å². The van der Waals surface area contributed by atoms with Crippen LogP contribution in [0.1, 0.15) is 27.6 Å². The number of amides is 1. The summed E-state index contributed by atoms with van der Waals surface area (Å²) < 4.78 is 3.30. The van der Waals surface area contributed by atoms with E-state index in [2.05, 4.69) is 30.9 Å². The van der Waals surface area contributed by atoms with Crippen LogP contribution in [0.25, 0.3) is 16.7 Å². The Labute approximate surface area is 155 Å². The number of fused-ring (bicyclic) bond motifs is 1. The molecular weight excluding hydrogens is 344 g/mol. The summed E-state index contributed by atoms with van der Waals surface area (Å²) in [4.78, 5) is 17.5. The van der Waals surface area contributed by atoms with Crippen LogP contribution >= 0.6 is 0 Å². The van der Waals surface area contributed by atoms with Gasteiger partial charge >= 0.3 is 0 Å². The molecule has 0 atom stereocenters. The maximum atomic E-state index is 13.0. The fraction of sp³-hybridized carbons (Fsp3) is 0.222. The minimum atomic E-state index is -0.216. The van der Waals surface area contributed by atoms with Crippen molar-refractivity contribution in [1.82, 2.24) is 35.0 Å². The number of hydrogen-bond acceptors (Lipinski definition) is 6. The number of aromatic nitrogens is 7. The number of hydrogen-bond donors (Lipinski definition) is 1. The summed E-state index contributed by atoms with van der Waals surface area (Å²) in [5, 5.41) is 19.6. The fourth-order valence-electron chi connectivity index (χ4n) is 3.13. The molecule has 0 aliphatic rings. The van der Waals surface area contributed by atoms with Gasteiger partial charge in [-0.3, -0.25) is 9.48 Å². The van der Waals surface area contributed by atoms with Gasteiger partial charge in [0.2, 0.25) is 0 Å². The second kappa shape index (κ2) is 6.27.